The zero-order chi connectivity index (χ0) is 17.7. The van der Waals surface area contributed by atoms with Crippen molar-refractivity contribution in [1.82, 2.24) is 10.1 Å². The molecule has 0 aliphatic rings. The summed E-state index contributed by atoms with van der Waals surface area (Å²) in [6.45, 7) is 1.30. The number of amides is 2. The average molecular weight is 372 g/mol. The number of benzene rings is 1. The van der Waals surface area contributed by atoms with Crippen molar-refractivity contribution in [2.75, 3.05) is 25.5 Å². The van der Waals surface area contributed by atoms with Crippen LogP contribution in [0.15, 0.2) is 28.8 Å². The number of halogens is 2. The number of hydrogen-bond donors (Lipinski definition) is 1. The SMILES string of the molecule is Cc1cc(NC(=O)CN(C)C(=O)COc2ccc(Cl)cc2Cl)no1. The van der Waals surface area contributed by atoms with Crippen LogP contribution < -0.4 is 10.1 Å². The van der Waals surface area contributed by atoms with Crippen LogP contribution in [-0.2, 0) is 9.59 Å². The van der Waals surface area contributed by atoms with Gasteiger partial charge in [-0.1, -0.05) is 28.4 Å². The molecule has 9 heteroatoms. The van der Waals surface area contributed by atoms with Gasteiger partial charge in [0.05, 0.1) is 11.6 Å². The first-order chi connectivity index (χ1) is 11.3. The van der Waals surface area contributed by atoms with E-state index in [-0.39, 0.29) is 19.1 Å². The van der Waals surface area contributed by atoms with E-state index in [2.05, 4.69) is 10.5 Å². The van der Waals surface area contributed by atoms with Crippen LogP contribution in [0.5, 0.6) is 5.75 Å². The number of ether oxygens (including phenoxy) is 1. The van der Waals surface area contributed by atoms with Crippen molar-refractivity contribution < 1.29 is 18.8 Å². The zero-order valence-corrected chi connectivity index (χ0v) is 14.5. The molecule has 0 atom stereocenters. The Hall–Kier alpha value is -2.25. The topological polar surface area (TPSA) is 84.7 Å². The summed E-state index contributed by atoms with van der Waals surface area (Å²) in [5, 5.41) is 6.93. The van der Waals surface area contributed by atoms with E-state index in [9.17, 15) is 9.59 Å². The van der Waals surface area contributed by atoms with E-state index in [0.717, 1.165) is 0 Å². The number of rotatable bonds is 6. The third-order valence-electron chi connectivity index (χ3n) is 2.95. The minimum absolute atomic E-state index is 0.150. The molecule has 0 unspecified atom stereocenters. The van der Waals surface area contributed by atoms with Crippen LogP contribution in [0.25, 0.3) is 0 Å². The molecule has 0 aliphatic carbocycles. The summed E-state index contributed by atoms with van der Waals surface area (Å²) in [4.78, 5) is 25.1. The highest BCUT2D eigenvalue weighted by Gasteiger charge is 2.15. The van der Waals surface area contributed by atoms with Crippen LogP contribution in [0.2, 0.25) is 10.0 Å². The number of hydrogen-bond acceptors (Lipinski definition) is 5. The number of likely N-dealkylation sites (N-methyl/N-ethyl adjacent to an activating group) is 1. The number of anilines is 1. The van der Waals surface area contributed by atoms with Crippen molar-refractivity contribution >= 4 is 40.8 Å². The molecule has 0 saturated heterocycles. The van der Waals surface area contributed by atoms with Gasteiger partial charge in [0.2, 0.25) is 5.91 Å². The molecule has 1 aromatic carbocycles. The predicted octanol–water partition coefficient (Wildman–Crippen LogP) is 2.77. The Morgan fingerprint density at radius 3 is 2.71 bits per heavy atom. The Kier molecular flexibility index (Phi) is 6.05. The van der Waals surface area contributed by atoms with Crippen molar-refractivity contribution in [3.63, 3.8) is 0 Å². The molecule has 7 nitrogen and oxygen atoms in total. The molecule has 2 amide bonds. The van der Waals surface area contributed by atoms with E-state index < -0.39 is 5.91 Å². The van der Waals surface area contributed by atoms with Gasteiger partial charge in [0, 0.05) is 18.1 Å². The van der Waals surface area contributed by atoms with Crippen molar-refractivity contribution in [2.45, 2.75) is 6.92 Å². The second-order valence-electron chi connectivity index (χ2n) is 4.98. The number of carbonyl (C=O) groups excluding carboxylic acids is 2. The van der Waals surface area contributed by atoms with Gasteiger partial charge in [-0.3, -0.25) is 9.59 Å². The maximum atomic E-state index is 12.0. The first-order valence-electron chi connectivity index (χ1n) is 6.90. The van der Waals surface area contributed by atoms with Crippen molar-refractivity contribution in [3.8, 4) is 5.75 Å². The van der Waals surface area contributed by atoms with Gasteiger partial charge in [0.1, 0.15) is 11.5 Å². The quantitative estimate of drug-likeness (QED) is 0.843. The van der Waals surface area contributed by atoms with Crippen molar-refractivity contribution in [1.29, 1.82) is 0 Å². The van der Waals surface area contributed by atoms with Gasteiger partial charge < -0.3 is 19.5 Å². The van der Waals surface area contributed by atoms with Crippen molar-refractivity contribution in [3.05, 3.63) is 40.1 Å². The van der Waals surface area contributed by atoms with Gasteiger partial charge in [0.15, 0.2) is 12.4 Å². The normalized spacial score (nSPS) is 10.3. The Balaban J connectivity index is 1.82. The van der Waals surface area contributed by atoms with E-state index in [0.29, 0.717) is 27.4 Å². The maximum Gasteiger partial charge on any atom is 0.260 e. The molecule has 1 aromatic heterocycles. The summed E-state index contributed by atoms with van der Waals surface area (Å²) < 4.78 is 10.2. The first kappa shape index (κ1) is 18.1. The highest BCUT2D eigenvalue weighted by Crippen LogP contribution is 2.27. The van der Waals surface area contributed by atoms with E-state index in [1.165, 1.54) is 18.0 Å². The predicted molar refractivity (Wildman–Crippen MR) is 89.5 cm³/mol. The number of aryl methyl sites for hydroxylation is 1. The van der Waals surface area contributed by atoms with Crippen LogP contribution >= 0.6 is 23.2 Å². The highest BCUT2D eigenvalue weighted by atomic mass is 35.5. The van der Waals surface area contributed by atoms with Gasteiger partial charge in [0.25, 0.3) is 5.91 Å². The molecule has 2 aromatic rings. The van der Waals surface area contributed by atoms with Crippen LogP contribution in [0.3, 0.4) is 0 Å². The number of carbonyl (C=O) groups is 2. The molecule has 0 spiro atoms. The summed E-state index contributed by atoms with van der Waals surface area (Å²) in [5.41, 5.74) is 0. The summed E-state index contributed by atoms with van der Waals surface area (Å²) in [6.07, 6.45) is 0. The Morgan fingerprint density at radius 1 is 1.33 bits per heavy atom. The first-order valence-corrected chi connectivity index (χ1v) is 7.65. The highest BCUT2D eigenvalue weighted by molar-refractivity contribution is 6.35. The Labute approximate surface area is 148 Å². The lowest BCUT2D eigenvalue weighted by molar-refractivity contribution is -0.135. The fourth-order valence-electron chi connectivity index (χ4n) is 1.75. The molecule has 0 aliphatic heterocycles. The Morgan fingerprint density at radius 2 is 2.08 bits per heavy atom. The van der Waals surface area contributed by atoms with Gasteiger partial charge in [-0.15, -0.1) is 0 Å². The van der Waals surface area contributed by atoms with E-state index in [1.807, 2.05) is 0 Å². The molecular weight excluding hydrogens is 357 g/mol. The lowest BCUT2D eigenvalue weighted by Crippen LogP contribution is -2.37. The molecule has 128 valence electrons. The fourth-order valence-corrected chi connectivity index (χ4v) is 2.22. The smallest absolute Gasteiger partial charge is 0.260 e. The second-order valence-corrected chi connectivity index (χ2v) is 5.83. The summed E-state index contributed by atoms with van der Waals surface area (Å²) in [6, 6.07) is 6.26. The van der Waals surface area contributed by atoms with Gasteiger partial charge in [-0.25, -0.2) is 0 Å². The molecule has 0 fully saturated rings. The minimum Gasteiger partial charge on any atom is -0.482 e. The van der Waals surface area contributed by atoms with Gasteiger partial charge in [-0.2, -0.15) is 0 Å². The van der Waals surface area contributed by atoms with Crippen LogP contribution in [0, 0.1) is 6.92 Å². The standard InChI is InChI=1S/C15H15Cl2N3O4/c1-9-5-13(19-24-9)18-14(21)7-20(2)15(22)8-23-12-4-3-10(16)6-11(12)17/h3-6H,7-8H2,1-2H3,(H,18,19,21). The molecule has 0 bridgehead atoms. The molecule has 24 heavy (non-hydrogen) atoms. The second kappa shape index (κ2) is 8.03. The monoisotopic (exact) mass is 371 g/mol. The number of nitrogens with zero attached hydrogens (tertiary/aromatic N) is 2. The Bertz CT molecular complexity index is 748. The summed E-state index contributed by atoms with van der Waals surface area (Å²) in [7, 11) is 1.49. The lowest BCUT2D eigenvalue weighted by atomic mass is 10.3. The third-order valence-corrected chi connectivity index (χ3v) is 3.48. The van der Waals surface area contributed by atoms with Crippen LogP contribution in [0.1, 0.15) is 5.76 Å². The zero-order valence-electron chi connectivity index (χ0n) is 13.0. The average Bonchev–Trinajstić information content (AvgIpc) is 2.90. The molecule has 0 saturated carbocycles. The molecule has 0 radical (unpaired) electrons. The van der Waals surface area contributed by atoms with Crippen molar-refractivity contribution in [2.24, 2.45) is 0 Å². The molecule has 1 N–H and O–H groups in total. The van der Waals surface area contributed by atoms with E-state index >= 15 is 0 Å². The number of aromatic nitrogens is 1. The fraction of sp³-hybridized carbons (Fsp3) is 0.267. The van der Waals surface area contributed by atoms with Crippen LogP contribution in [-0.4, -0.2) is 42.1 Å². The maximum absolute atomic E-state index is 12.0. The van der Waals surface area contributed by atoms with Gasteiger partial charge in [-0.05, 0) is 25.1 Å². The largest absolute Gasteiger partial charge is 0.482 e. The van der Waals surface area contributed by atoms with E-state index in [1.54, 1.807) is 25.1 Å². The molecular formula is C15H15Cl2N3O4. The van der Waals surface area contributed by atoms with Crippen LogP contribution in [0.4, 0.5) is 5.82 Å². The summed E-state index contributed by atoms with van der Waals surface area (Å²) in [5.74, 6) is 0.423. The lowest BCUT2D eigenvalue weighted by Gasteiger charge is -2.17. The van der Waals surface area contributed by atoms with Gasteiger partial charge >= 0.3 is 0 Å². The molecule has 1 heterocycles. The molecule has 2 rings (SSSR count). The third kappa shape index (κ3) is 5.14. The number of nitrogens with one attached hydrogen (secondary N) is 1. The minimum atomic E-state index is -0.399. The van der Waals surface area contributed by atoms with E-state index in [4.69, 9.17) is 32.5 Å². The summed E-state index contributed by atoms with van der Waals surface area (Å²) >= 11 is 11.7.